The number of rotatable bonds is 7. The van der Waals surface area contributed by atoms with Crippen molar-refractivity contribution in [2.24, 2.45) is 0 Å². The van der Waals surface area contributed by atoms with E-state index < -0.39 is 37.3 Å². The van der Waals surface area contributed by atoms with E-state index in [9.17, 15) is 20.4 Å². The summed E-state index contributed by atoms with van der Waals surface area (Å²) in [4.78, 5) is 5.47. The summed E-state index contributed by atoms with van der Waals surface area (Å²) in [5, 5.41) is 40.1. The largest absolute Gasteiger partial charge is 0.462 e. The second-order valence-electron chi connectivity index (χ2n) is 6.98. The minimum atomic E-state index is -1.46. The number of aliphatic hydroxyl groups excluding tert-OH is 4. The van der Waals surface area contributed by atoms with Gasteiger partial charge in [0, 0.05) is 29.7 Å². The third-order valence-corrected chi connectivity index (χ3v) is 5.14. The molecule has 27 heavy (non-hydrogen) atoms. The van der Waals surface area contributed by atoms with Crippen LogP contribution in [0.4, 0.5) is 0 Å². The Kier molecular flexibility index (Phi) is 6.36. The van der Waals surface area contributed by atoms with Gasteiger partial charge >= 0.3 is 0 Å². The molecule has 1 fully saturated rings. The Balaban J connectivity index is 1.72. The van der Waals surface area contributed by atoms with Crippen LogP contribution in [0.25, 0.3) is 10.9 Å². The van der Waals surface area contributed by atoms with Crippen molar-refractivity contribution in [2.75, 3.05) is 26.7 Å². The molecule has 5 atom stereocenters. The van der Waals surface area contributed by atoms with Crippen LogP contribution in [0.3, 0.4) is 0 Å². The number of nitrogens with zero attached hydrogens (tertiary/aromatic N) is 1. The Morgan fingerprint density at radius 1 is 1.19 bits per heavy atom. The Morgan fingerprint density at radius 3 is 2.67 bits per heavy atom. The van der Waals surface area contributed by atoms with Crippen molar-refractivity contribution in [2.45, 2.75) is 44.1 Å². The van der Waals surface area contributed by atoms with Crippen LogP contribution in [0, 0.1) is 0 Å². The van der Waals surface area contributed by atoms with Crippen molar-refractivity contribution in [3.8, 4) is 5.75 Å². The highest BCUT2D eigenvalue weighted by Crippen LogP contribution is 2.28. The zero-order valence-corrected chi connectivity index (χ0v) is 15.6. The van der Waals surface area contributed by atoms with E-state index in [1.54, 1.807) is 12.1 Å². The van der Waals surface area contributed by atoms with Gasteiger partial charge < -0.3 is 39.8 Å². The van der Waals surface area contributed by atoms with Crippen LogP contribution in [-0.2, 0) is 11.2 Å². The first-order valence-corrected chi connectivity index (χ1v) is 9.20. The molecule has 1 aromatic heterocycles. The predicted molar refractivity (Wildman–Crippen MR) is 99.6 cm³/mol. The highest BCUT2D eigenvalue weighted by atomic mass is 16.7. The first-order valence-electron chi connectivity index (χ1n) is 9.20. The maximum Gasteiger partial charge on any atom is 0.229 e. The van der Waals surface area contributed by atoms with Crippen molar-refractivity contribution in [3.05, 3.63) is 30.0 Å². The van der Waals surface area contributed by atoms with Gasteiger partial charge in [-0.1, -0.05) is 6.92 Å². The highest BCUT2D eigenvalue weighted by Gasteiger charge is 2.44. The van der Waals surface area contributed by atoms with Gasteiger partial charge in [0.1, 0.15) is 30.2 Å². The van der Waals surface area contributed by atoms with Crippen LogP contribution >= 0.6 is 0 Å². The second-order valence-corrected chi connectivity index (χ2v) is 6.98. The van der Waals surface area contributed by atoms with Crippen molar-refractivity contribution in [1.82, 2.24) is 9.88 Å². The maximum absolute atomic E-state index is 10.1. The number of nitrogens with one attached hydrogen (secondary N) is 1. The van der Waals surface area contributed by atoms with Crippen LogP contribution in [-0.4, -0.2) is 87.8 Å². The lowest BCUT2D eigenvalue weighted by molar-refractivity contribution is -0.277. The van der Waals surface area contributed by atoms with Gasteiger partial charge in [-0.05, 0) is 37.7 Å². The van der Waals surface area contributed by atoms with E-state index in [4.69, 9.17) is 9.47 Å². The molecule has 0 radical (unpaired) electrons. The van der Waals surface area contributed by atoms with E-state index in [1.165, 1.54) is 5.56 Å². The summed E-state index contributed by atoms with van der Waals surface area (Å²) in [6.45, 7) is 3.60. The van der Waals surface area contributed by atoms with E-state index >= 15 is 0 Å². The van der Waals surface area contributed by atoms with Crippen LogP contribution in [0.15, 0.2) is 24.4 Å². The molecular weight excluding hydrogens is 352 g/mol. The van der Waals surface area contributed by atoms with Gasteiger partial charge in [0.15, 0.2) is 0 Å². The summed E-state index contributed by atoms with van der Waals surface area (Å²) in [7, 11) is 2.08. The predicted octanol–water partition coefficient (Wildman–Crippen LogP) is -0.159. The molecule has 1 aliphatic heterocycles. The number of ether oxygens (including phenoxy) is 2. The molecule has 2 heterocycles. The minimum absolute atomic E-state index is 0.450. The summed E-state index contributed by atoms with van der Waals surface area (Å²) >= 11 is 0. The van der Waals surface area contributed by atoms with E-state index in [-0.39, 0.29) is 0 Å². The average molecular weight is 380 g/mol. The quantitative estimate of drug-likeness (QED) is 0.453. The van der Waals surface area contributed by atoms with Crippen LogP contribution in [0.5, 0.6) is 5.75 Å². The van der Waals surface area contributed by atoms with E-state index in [0.29, 0.717) is 5.75 Å². The van der Waals surface area contributed by atoms with Crippen LogP contribution < -0.4 is 4.74 Å². The third kappa shape index (κ3) is 4.26. The number of hydrogen-bond acceptors (Lipinski definition) is 7. The molecule has 2 aromatic rings. The summed E-state index contributed by atoms with van der Waals surface area (Å²) in [6.07, 6.45) is -3.57. The topological polar surface area (TPSA) is 118 Å². The van der Waals surface area contributed by atoms with Gasteiger partial charge in [-0.15, -0.1) is 0 Å². The lowest BCUT2D eigenvalue weighted by Crippen LogP contribution is -2.60. The highest BCUT2D eigenvalue weighted by molar-refractivity contribution is 5.84. The normalized spacial score (nSPS) is 28.8. The smallest absolute Gasteiger partial charge is 0.229 e. The SMILES string of the molecule is CCN(C)CCc1c[nH]c2cc(OC3OC(CO)C(O)C(O)C3O)ccc12. The Bertz CT molecular complexity index is 749. The molecule has 0 saturated carbocycles. The fourth-order valence-corrected chi connectivity index (χ4v) is 3.21. The molecule has 3 rings (SSSR count). The number of fused-ring (bicyclic) bond motifs is 1. The lowest BCUT2D eigenvalue weighted by atomic mass is 9.99. The molecule has 1 aromatic carbocycles. The van der Waals surface area contributed by atoms with Crippen molar-refractivity contribution >= 4 is 10.9 Å². The molecule has 8 nitrogen and oxygen atoms in total. The fraction of sp³-hybridized carbons (Fsp3) is 0.579. The molecule has 5 N–H and O–H groups in total. The molecular formula is C19H28N2O6. The van der Waals surface area contributed by atoms with Crippen molar-refractivity contribution in [1.29, 1.82) is 0 Å². The molecule has 0 aliphatic carbocycles. The number of aromatic nitrogens is 1. The third-order valence-electron chi connectivity index (χ3n) is 5.14. The van der Waals surface area contributed by atoms with E-state index in [1.807, 2.05) is 12.3 Å². The number of H-pyrrole nitrogens is 1. The van der Waals surface area contributed by atoms with Gasteiger partial charge in [0.2, 0.25) is 6.29 Å². The summed E-state index contributed by atoms with van der Waals surface area (Å²) in [5.74, 6) is 0.450. The Labute approximate surface area is 157 Å². The molecule has 0 bridgehead atoms. The molecule has 0 amide bonds. The number of likely N-dealkylation sites (N-methyl/N-ethyl adjacent to an activating group) is 1. The molecule has 150 valence electrons. The summed E-state index contributed by atoms with van der Waals surface area (Å²) < 4.78 is 11.0. The lowest BCUT2D eigenvalue weighted by Gasteiger charge is -2.39. The van der Waals surface area contributed by atoms with E-state index in [0.717, 1.165) is 30.4 Å². The number of hydrogen-bond donors (Lipinski definition) is 5. The first-order chi connectivity index (χ1) is 12.9. The zero-order valence-electron chi connectivity index (χ0n) is 15.6. The molecule has 1 saturated heterocycles. The van der Waals surface area contributed by atoms with Gasteiger partial charge in [0.25, 0.3) is 0 Å². The van der Waals surface area contributed by atoms with Crippen molar-refractivity contribution in [3.63, 3.8) is 0 Å². The molecule has 8 heteroatoms. The fourth-order valence-electron chi connectivity index (χ4n) is 3.21. The summed E-state index contributed by atoms with van der Waals surface area (Å²) in [5.41, 5.74) is 2.11. The molecule has 0 spiro atoms. The van der Waals surface area contributed by atoms with Gasteiger partial charge in [-0.2, -0.15) is 0 Å². The maximum atomic E-state index is 10.1. The second kappa shape index (κ2) is 8.55. The van der Waals surface area contributed by atoms with Gasteiger partial charge in [-0.25, -0.2) is 0 Å². The standard InChI is InChI=1S/C19H28N2O6/c1-3-21(2)7-6-11-9-20-14-8-12(4-5-13(11)14)26-19-18(25)17(24)16(23)15(10-22)27-19/h4-5,8-9,15-20,22-25H,3,6-7,10H2,1-2H3. The Morgan fingerprint density at radius 2 is 1.96 bits per heavy atom. The average Bonchev–Trinajstić information content (AvgIpc) is 3.08. The minimum Gasteiger partial charge on any atom is -0.462 e. The Hall–Kier alpha value is -1.68. The van der Waals surface area contributed by atoms with Gasteiger partial charge in [-0.3, -0.25) is 0 Å². The zero-order chi connectivity index (χ0) is 19.6. The molecule has 1 aliphatic rings. The van der Waals surface area contributed by atoms with E-state index in [2.05, 4.69) is 23.9 Å². The van der Waals surface area contributed by atoms with Crippen LogP contribution in [0.2, 0.25) is 0 Å². The number of benzene rings is 1. The van der Waals surface area contributed by atoms with Gasteiger partial charge in [0.05, 0.1) is 6.61 Å². The molecule has 5 unspecified atom stereocenters. The van der Waals surface area contributed by atoms with Crippen molar-refractivity contribution < 1.29 is 29.9 Å². The van der Waals surface area contributed by atoms with Crippen LogP contribution in [0.1, 0.15) is 12.5 Å². The monoisotopic (exact) mass is 380 g/mol. The summed E-state index contributed by atoms with van der Waals surface area (Å²) in [6, 6.07) is 5.50. The number of aliphatic hydroxyl groups is 4. The first kappa shape index (κ1) is 20.1. The number of aromatic amines is 1.